The summed E-state index contributed by atoms with van der Waals surface area (Å²) in [5, 5.41) is 0. The third-order valence-corrected chi connectivity index (χ3v) is 1.47. The molecule has 1 atom stereocenters. The van der Waals surface area contributed by atoms with E-state index < -0.39 is 0 Å². The van der Waals surface area contributed by atoms with Crippen molar-refractivity contribution >= 4 is 0 Å². The number of rotatable bonds is 6. The second-order valence-electron chi connectivity index (χ2n) is 2.49. The van der Waals surface area contributed by atoms with Crippen molar-refractivity contribution in [1.29, 1.82) is 0 Å². The van der Waals surface area contributed by atoms with Crippen LogP contribution in [0.15, 0.2) is 12.7 Å². The first-order valence-electron chi connectivity index (χ1n) is 4.03. The maximum Gasteiger partial charge on any atom is 0.0547 e. The summed E-state index contributed by atoms with van der Waals surface area (Å²) in [5.41, 5.74) is 0. The van der Waals surface area contributed by atoms with Gasteiger partial charge in [0.05, 0.1) is 6.10 Å². The average molecular weight is 142 g/mol. The Morgan fingerprint density at radius 1 is 1.60 bits per heavy atom. The molecule has 0 saturated carbocycles. The Labute approximate surface area is 64.1 Å². The second kappa shape index (κ2) is 6.81. The lowest BCUT2D eigenvalue weighted by atomic mass is 10.2. The molecule has 0 saturated heterocycles. The summed E-state index contributed by atoms with van der Waals surface area (Å²) in [4.78, 5) is 0. The van der Waals surface area contributed by atoms with E-state index in [1.165, 1.54) is 6.42 Å². The molecule has 0 spiro atoms. The molecule has 0 amide bonds. The molecule has 0 heterocycles. The van der Waals surface area contributed by atoms with Gasteiger partial charge in [-0.15, -0.1) is 6.58 Å². The van der Waals surface area contributed by atoms with E-state index in [-0.39, 0.29) is 0 Å². The van der Waals surface area contributed by atoms with Crippen LogP contribution in [0.4, 0.5) is 0 Å². The van der Waals surface area contributed by atoms with Gasteiger partial charge in [-0.25, -0.2) is 0 Å². The van der Waals surface area contributed by atoms with Gasteiger partial charge in [0, 0.05) is 6.61 Å². The molecule has 1 nitrogen and oxygen atoms in total. The Morgan fingerprint density at radius 3 is 2.80 bits per heavy atom. The van der Waals surface area contributed by atoms with E-state index in [0.717, 1.165) is 19.4 Å². The summed E-state index contributed by atoms with van der Waals surface area (Å²) < 4.78 is 5.35. The lowest BCUT2D eigenvalue weighted by Crippen LogP contribution is -2.06. The Kier molecular flexibility index (Phi) is 6.61. The summed E-state index contributed by atoms with van der Waals surface area (Å²) in [6.07, 6.45) is 5.84. The summed E-state index contributed by atoms with van der Waals surface area (Å²) in [7, 11) is 0. The zero-order chi connectivity index (χ0) is 7.82. The number of ether oxygens (including phenoxy) is 1. The molecule has 0 fully saturated rings. The van der Waals surface area contributed by atoms with E-state index in [1.807, 2.05) is 13.0 Å². The summed E-state index contributed by atoms with van der Waals surface area (Å²) in [6.45, 7) is 8.64. The molecular weight excluding hydrogens is 124 g/mol. The predicted octanol–water partition coefficient (Wildman–Crippen LogP) is 2.77. The van der Waals surface area contributed by atoms with Crippen molar-refractivity contribution < 1.29 is 4.74 Å². The highest BCUT2D eigenvalue weighted by Gasteiger charge is 1.97. The van der Waals surface area contributed by atoms with Gasteiger partial charge < -0.3 is 4.74 Å². The molecule has 0 bridgehead atoms. The van der Waals surface area contributed by atoms with Crippen molar-refractivity contribution in [2.24, 2.45) is 0 Å². The van der Waals surface area contributed by atoms with E-state index in [4.69, 9.17) is 4.74 Å². The molecule has 1 unspecified atom stereocenters. The minimum Gasteiger partial charge on any atom is -0.379 e. The summed E-state index contributed by atoms with van der Waals surface area (Å²) in [6, 6.07) is 0. The Bertz CT molecular complexity index is 78.8. The van der Waals surface area contributed by atoms with Gasteiger partial charge in [-0.2, -0.15) is 0 Å². The summed E-state index contributed by atoms with van der Waals surface area (Å²) >= 11 is 0. The van der Waals surface area contributed by atoms with E-state index in [2.05, 4.69) is 13.5 Å². The molecule has 0 aromatic heterocycles. The largest absolute Gasteiger partial charge is 0.379 e. The van der Waals surface area contributed by atoms with Gasteiger partial charge in [-0.05, 0) is 33.1 Å². The molecule has 0 rings (SSSR count). The van der Waals surface area contributed by atoms with Crippen molar-refractivity contribution in [2.75, 3.05) is 6.61 Å². The molecule has 0 N–H and O–H groups in total. The van der Waals surface area contributed by atoms with Gasteiger partial charge in [-0.1, -0.05) is 6.08 Å². The molecule has 10 heavy (non-hydrogen) atoms. The molecule has 0 aromatic carbocycles. The maximum atomic E-state index is 5.35. The normalized spacial score (nSPS) is 13.0. The van der Waals surface area contributed by atoms with Gasteiger partial charge in [0.1, 0.15) is 0 Å². The first-order valence-corrected chi connectivity index (χ1v) is 4.03. The smallest absolute Gasteiger partial charge is 0.0547 e. The maximum absolute atomic E-state index is 5.35. The van der Waals surface area contributed by atoms with Crippen LogP contribution in [0, 0.1) is 0 Å². The molecule has 60 valence electrons. The van der Waals surface area contributed by atoms with Gasteiger partial charge in [0.25, 0.3) is 0 Å². The fourth-order valence-electron chi connectivity index (χ4n) is 0.917. The van der Waals surface area contributed by atoms with Crippen molar-refractivity contribution in [3.05, 3.63) is 12.7 Å². The van der Waals surface area contributed by atoms with Crippen molar-refractivity contribution in [3.8, 4) is 0 Å². The zero-order valence-electron chi connectivity index (χ0n) is 7.10. The van der Waals surface area contributed by atoms with Gasteiger partial charge in [0.2, 0.25) is 0 Å². The van der Waals surface area contributed by atoms with Crippen LogP contribution in [0.5, 0.6) is 0 Å². The van der Waals surface area contributed by atoms with E-state index in [0.29, 0.717) is 6.10 Å². The Hall–Kier alpha value is -0.300. The monoisotopic (exact) mass is 142 g/mol. The third-order valence-electron chi connectivity index (χ3n) is 1.47. The fourth-order valence-corrected chi connectivity index (χ4v) is 0.917. The highest BCUT2D eigenvalue weighted by molar-refractivity contribution is 4.66. The van der Waals surface area contributed by atoms with Crippen molar-refractivity contribution in [2.45, 2.75) is 39.2 Å². The summed E-state index contributed by atoms with van der Waals surface area (Å²) in [5.74, 6) is 0. The molecule has 0 aromatic rings. The van der Waals surface area contributed by atoms with E-state index in [1.54, 1.807) is 0 Å². The first kappa shape index (κ1) is 9.70. The average Bonchev–Trinajstić information content (AvgIpc) is 1.89. The molecule has 1 heteroatoms. The number of allylic oxidation sites excluding steroid dienone is 1. The van der Waals surface area contributed by atoms with Crippen LogP contribution in [-0.4, -0.2) is 12.7 Å². The second-order valence-corrected chi connectivity index (χ2v) is 2.49. The lowest BCUT2D eigenvalue weighted by Gasteiger charge is -2.09. The molecule has 0 aliphatic rings. The van der Waals surface area contributed by atoms with Crippen molar-refractivity contribution in [1.82, 2.24) is 0 Å². The van der Waals surface area contributed by atoms with Crippen LogP contribution in [0.1, 0.15) is 33.1 Å². The van der Waals surface area contributed by atoms with Crippen LogP contribution in [0.25, 0.3) is 0 Å². The SMILES string of the molecule is C=CCCCC(C)OCC. The van der Waals surface area contributed by atoms with Crippen LogP contribution in [0.2, 0.25) is 0 Å². The van der Waals surface area contributed by atoms with Crippen LogP contribution >= 0.6 is 0 Å². The molecule has 0 radical (unpaired) electrons. The van der Waals surface area contributed by atoms with Gasteiger partial charge in [-0.3, -0.25) is 0 Å². The van der Waals surface area contributed by atoms with Crippen LogP contribution in [0.3, 0.4) is 0 Å². The molecule has 0 aliphatic carbocycles. The minimum absolute atomic E-state index is 0.421. The fraction of sp³-hybridized carbons (Fsp3) is 0.778. The van der Waals surface area contributed by atoms with Crippen LogP contribution in [-0.2, 0) is 4.74 Å². The van der Waals surface area contributed by atoms with Crippen LogP contribution < -0.4 is 0 Å². The third kappa shape index (κ3) is 5.83. The number of unbranched alkanes of at least 4 members (excludes halogenated alkanes) is 1. The zero-order valence-corrected chi connectivity index (χ0v) is 7.10. The topological polar surface area (TPSA) is 9.23 Å². The Morgan fingerprint density at radius 2 is 2.30 bits per heavy atom. The van der Waals surface area contributed by atoms with Gasteiger partial charge >= 0.3 is 0 Å². The standard InChI is InChI=1S/C9H18O/c1-4-6-7-8-9(3)10-5-2/h4,9H,1,5-8H2,2-3H3. The quantitative estimate of drug-likeness (QED) is 0.409. The number of hydrogen-bond acceptors (Lipinski definition) is 1. The molecular formula is C9H18O. The number of hydrogen-bond donors (Lipinski definition) is 0. The van der Waals surface area contributed by atoms with Crippen molar-refractivity contribution in [3.63, 3.8) is 0 Å². The highest BCUT2D eigenvalue weighted by atomic mass is 16.5. The van der Waals surface area contributed by atoms with E-state index >= 15 is 0 Å². The van der Waals surface area contributed by atoms with Gasteiger partial charge in [0.15, 0.2) is 0 Å². The van der Waals surface area contributed by atoms with E-state index in [9.17, 15) is 0 Å². The molecule has 0 aliphatic heterocycles. The minimum atomic E-state index is 0.421. The predicted molar refractivity (Wildman–Crippen MR) is 45.1 cm³/mol. The highest BCUT2D eigenvalue weighted by Crippen LogP contribution is 2.03. The lowest BCUT2D eigenvalue weighted by molar-refractivity contribution is 0.0691. The Balaban J connectivity index is 3.04. The first-order chi connectivity index (χ1) is 4.81.